The highest BCUT2D eigenvalue weighted by atomic mass is 16.5. The summed E-state index contributed by atoms with van der Waals surface area (Å²) in [6, 6.07) is 15.9. The molecule has 2 N–H and O–H groups in total. The Morgan fingerprint density at radius 3 is 2.74 bits per heavy atom. The minimum absolute atomic E-state index is 0.0495. The summed E-state index contributed by atoms with van der Waals surface area (Å²) in [6.07, 6.45) is 0.817. The van der Waals surface area contributed by atoms with E-state index >= 15 is 0 Å². The van der Waals surface area contributed by atoms with E-state index < -0.39 is 0 Å². The van der Waals surface area contributed by atoms with E-state index in [1.165, 1.54) is 5.56 Å². The predicted octanol–water partition coefficient (Wildman–Crippen LogP) is 2.98. The standard InChI is InChI=1S/C19H18N2O2/c1-23-13-7-8-16-15(11-13)14-9-10-20-19(22)17(18(14)21-16)12-5-3-2-4-6-12/h2-8,11,17,21H,9-10H2,1H3,(H,20,22)/t17-/m0/s1. The van der Waals surface area contributed by atoms with Crippen LogP contribution in [-0.2, 0) is 11.2 Å². The molecule has 4 rings (SSSR count). The second-order valence-corrected chi connectivity index (χ2v) is 5.81. The predicted molar refractivity (Wildman–Crippen MR) is 89.8 cm³/mol. The number of amides is 1. The molecule has 0 fully saturated rings. The summed E-state index contributed by atoms with van der Waals surface area (Å²) in [5.74, 6) is 0.583. The number of carbonyl (C=O) groups is 1. The SMILES string of the molecule is COc1ccc2[nH]c3c(c2c1)CCNC(=O)[C@H]3c1ccccc1. The third-order valence-corrected chi connectivity index (χ3v) is 4.50. The molecule has 1 atom stereocenters. The molecule has 0 radical (unpaired) electrons. The number of nitrogens with one attached hydrogen (secondary N) is 2. The minimum atomic E-state index is -0.299. The number of hydrogen-bond donors (Lipinski definition) is 2. The van der Waals surface area contributed by atoms with Gasteiger partial charge in [0.05, 0.1) is 7.11 Å². The molecule has 0 spiro atoms. The van der Waals surface area contributed by atoms with E-state index in [2.05, 4.69) is 10.3 Å². The van der Waals surface area contributed by atoms with Gasteiger partial charge < -0.3 is 15.0 Å². The van der Waals surface area contributed by atoms with Crippen LogP contribution in [0.4, 0.5) is 0 Å². The third-order valence-electron chi connectivity index (χ3n) is 4.50. The van der Waals surface area contributed by atoms with E-state index in [0.717, 1.165) is 34.3 Å². The number of aromatic amines is 1. The molecule has 3 aromatic rings. The van der Waals surface area contributed by atoms with E-state index in [9.17, 15) is 4.79 Å². The second-order valence-electron chi connectivity index (χ2n) is 5.81. The van der Waals surface area contributed by atoms with Crippen LogP contribution in [0.3, 0.4) is 0 Å². The average molecular weight is 306 g/mol. The second kappa shape index (κ2) is 5.47. The van der Waals surface area contributed by atoms with Crippen molar-refractivity contribution in [2.45, 2.75) is 12.3 Å². The number of carbonyl (C=O) groups excluding carboxylic acids is 1. The molecular weight excluding hydrogens is 288 g/mol. The summed E-state index contributed by atoms with van der Waals surface area (Å²) in [5.41, 5.74) is 4.25. The van der Waals surface area contributed by atoms with Crippen molar-refractivity contribution in [2.24, 2.45) is 0 Å². The van der Waals surface area contributed by atoms with E-state index in [0.29, 0.717) is 6.54 Å². The number of rotatable bonds is 2. The molecule has 1 aliphatic rings. The summed E-state index contributed by atoms with van der Waals surface area (Å²) in [4.78, 5) is 16.1. The van der Waals surface area contributed by atoms with Crippen molar-refractivity contribution in [3.63, 3.8) is 0 Å². The van der Waals surface area contributed by atoms with Crippen LogP contribution in [0.15, 0.2) is 48.5 Å². The van der Waals surface area contributed by atoms with Gasteiger partial charge in [-0.1, -0.05) is 30.3 Å². The van der Waals surface area contributed by atoms with Gasteiger partial charge in [-0.05, 0) is 35.7 Å². The molecule has 116 valence electrons. The van der Waals surface area contributed by atoms with Gasteiger partial charge in [0, 0.05) is 23.1 Å². The van der Waals surface area contributed by atoms with Gasteiger partial charge in [-0.25, -0.2) is 0 Å². The molecule has 4 nitrogen and oxygen atoms in total. The first-order valence-electron chi connectivity index (χ1n) is 7.79. The number of fused-ring (bicyclic) bond motifs is 3. The van der Waals surface area contributed by atoms with Gasteiger partial charge in [-0.3, -0.25) is 4.79 Å². The average Bonchev–Trinajstić information content (AvgIpc) is 2.84. The van der Waals surface area contributed by atoms with E-state index in [-0.39, 0.29) is 11.8 Å². The zero-order valence-electron chi connectivity index (χ0n) is 12.9. The molecule has 23 heavy (non-hydrogen) atoms. The fourth-order valence-corrected chi connectivity index (χ4v) is 3.40. The van der Waals surface area contributed by atoms with Crippen LogP contribution < -0.4 is 10.1 Å². The van der Waals surface area contributed by atoms with Gasteiger partial charge in [0.1, 0.15) is 11.7 Å². The molecule has 0 saturated heterocycles. The normalized spacial score (nSPS) is 17.4. The fourth-order valence-electron chi connectivity index (χ4n) is 3.40. The van der Waals surface area contributed by atoms with Crippen molar-refractivity contribution < 1.29 is 9.53 Å². The van der Waals surface area contributed by atoms with Crippen molar-refractivity contribution in [1.29, 1.82) is 0 Å². The Balaban J connectivity index is 1.94. The van der Waals surface area contributed by atoms with E-state index in [4.69, 9.17) is 4.74 Å². The highest BCUT2D eigenvalue weighted by Gasteiger charge is 2.30. The maximum absolute atomic E-state index is 12.6. The Bertz CT molecular complexity index is 868. The van der Waals surface area contributed by atoms with Gasteiger partial charge in [0.25, 0.3) is 0 Å². The van der Waals surface area contributed by atoms with Crippen molar-refractivity contribution in [2.75, 3.05) is 13.7 Å². The third kappa shape index (κ3) is 2.27. The smallest absolute Gasteiger partial charge is 0.233 e. The Kier molecular flexibility index (Phi) is 3.30. The zero-order chi connectivity index (χ0) is 15.8. The van der Waals surface area contributed by atoms with Crippen LogP contribution in [0.25, 0.3) is 10.9 Å². The molecule has 0 bridgehead atoms. The van der Waals surface area contributed by atoms with Crippen molar-refractivity contribution in [3.8, 4) is 5.75 Å². The summed E-state index contributed by atoms with van der Waals surface area (Å²) in [5, 5.41) is 4.17. The lowest BCUT2D eigenvalue weighted by molar-refractivity contribution is -0.121. The van der Waals surface area contributed by atoms with Crippen LogP contribution in [-0.4, -0.2) is 24.5 Å². The maximum Gasteiger partial charge on any atom is 0.233 e. The number of H-pyrrole nitrogens is 1. The molecular formula is C19H18N2O2. The highest BCUT2D eigenvalue weighted by molar-refractivity contribution is 5.93. The minimum Gasteiger partial charge on any atom is -0.497 e. The van der Waals surface area contributed by atoms with Crippen LogP contribution in [0.2, 0.25) is 0 Å². The molecule has 0 unspecified atom stereocenters. The lowest BCUT2D eigenvalue weighted by Crippen LogP contribution is -2.29. The van der Waals surface area contributed by atoms with Crippen molar-refractivity contribution >= 4 is 16.8 Å². The quantitative estimate of drug-likeness (QED) is 0.765. The monoisotopic (exact) mass is 306 g/mol. The number of hydrogen-bond acceptors (Lipinski definition) is 2. The molecule has 1 aliphatic heterocycles. The lowest BCUT2D eigenvalue weighted by Gasteiger charge is -2.14. The van der Waals surface area contributed by atoms with Gasteiger partial charge in [-0.2, -0.15) is 0 Å². The summed E-state index contributed by atoms with van der Waals surface area (Å²) >= 11 is 0. The molecule has 0 aliphatic carbocycles. The zero-order valence-corrected chi connectivity index (χ0v) is 12.9. The lowest BCUT2D eigenvalue weighted by atomic mass is 9.92. The fraction of sp³-hybridized carbons (Fsp3) is 0.211. The van der Waals surface area contributed by atoms with Gasteiger partial charge in [-0.15, -0.1) is 0 Å². The van der Waals surface area contributed by atoms with Crippen molar-refractivity contribution in [3.05, 3.63) is 65.4 Å². The van der Waals surface area contributed by atoms with Crippen LogP contribution >= 0.6 is 0 Å². The molecule has 2 heterocycles. The summed E-state index contributed by atoms with van der Waals surface area (Å²) in [6.45, 7) is 0.652. The highest BCUT2D eigenvalue weighted by Crippen LogP contribution is 2.35. The Labute approximate surface area is 134 Å². The van der Waals surface area contributed by atoms with Crippen LogP contribution in [0.5, 0.6) is 5.75 Å². The summed E-state index contributed by atoms with van der Waals surface area (Å²) < 4.78 is 5.35. The largest absolute Gasteiger partial charge is 0.497 e. The number of benzene rings is 2. The molecule has 1 amide bonds. The van der Waals surface area contributed by atoms with Crippen LogP contribution in [0, 0.1) is 0 Å². The van der Waals surface area contributed by atoms with E-state index in [1.807, 2.05) is 48.5 Å². The number of methoxy groups -OCH3 is 1. The first-order chi connectivity index (χ1) is 11.3. The Morgan fingerprint density at radius 2 is 1.96 bits per heavy atom. The van der Waals surface area contributed by atoms with Gasteiger partial charge >= 0.3 is 0 Å². The summed E-state index contributed by atoms with van der Waals surface area (Å²) in [7, 11) is 1.67. The topological polar surface area (TPSA) is 54.1 Å². The molecule has 2 aromatic carbocycles. The van der Waals surface area contributed by atoms with E-state index in [1.54, 1.807) is 7.11 Å². The number of aromatic nitrogens is 1. The van der Waals surface area contributed by atoms with Gasteiger partial charge in [0.15, 0.2) is 0 Å². The Morgan fingerprint density at radius 1 is 1.13 bits per heavy atom. The Hall–Kier alpha value is -2.75. The first kappa shape index (κ1) is 13.9. The van der Waals surface area contributed by atoms with Crippen molar-refractivity contribution in [1.82, 2.24) is 10.3 Å². The van der Waals surface area contributed by atoms with Gasteiger partial charge in [0.2, 0.25) is 5.91 Å². The molecule has 1 aromatic heterocycles. The number of ether oxygens (including phenoxy) is 1. The maximum atomic E-state index is 12.6. The molecule has 4 heteroatoms. The first-order valence-corrected chi connectivity index (χ1v) is 7.79. The molecule has 0 saturated carbocycles. The van der Waals surface area contributed by atoms with Crippen LogP contribution in [0.1, 0.15) is 22.7 Å².